The first-order valence-corrected chi connectivity index (χ1v) is 10.8. The molecule has 4 rings (SSSR count). The maximum atomic E-state index is 12.6. The Kier molecular flexibility index (Phi) is 6.37. The number of nitrogens with one attached hydrogen (secondary N) is 2. The van der Waals surface area contributed by atoms with Crippen LogP contribution in [-0.2, 0) is 10.2 Å². The molecule has 1 amide bonds. The molecule has 7 heteroatoms. The van der Waals surface area contributed by atoms with Crippen LogP contribution in [0.4, 0.5) is 22.9 Å². The van der Waals surface area contributed by atoms with Crippen molar-refractivity contribution in [3.8, 4) is 0 Å². The predicted octanol–water partition coefficient (Wildman–Crippen LogP) is 4.61. The van der Waals surface area contributed by atoms with Gasteiger partial charge in [0.2, 0.25) is 0 Å². The standard InChI is InChI=1S/C25H29N5O2/c1-25(2,3)19-6-4-18(5-7-19)24(31)28-21-10-8-20(9-11-21)27-23-16-22(17-26-29-23)30-12-14-32-15-13-30/h4-11,16-17H,12-15H2,1-3H3,(H,27,29)(H,28,31). The summed E-state index contributed by atoms with van der Waals surface area (Å²) in [5.74, 6) is 0.542. The van der Waals surface area contributed by atoms with E-state index in [1.54, 1.807) is 6.20 Å². The van der Waals surface area contributed by atoms with E-state index in [0.29, 0.717) is 11.4 Å². The Bertz CT molecular complexity index is 1050. The Balaban J connectivity index is 1.37. The summed E-state index contributed by atoms with van der Waals surface area (Å²) in [5.41, 5.74) is 4.51. The Morgan fingerprint density at radius 3 is 2.28 bits per heavy atom. The van der Waals surface area contributed by atoms with Crippen LogP contribution in [0, 0.1) is 0 Å². The Labute approximate surface area is 188 Å². The molecule has 2 N–H and O–H groups in total. The van der Waals surface area contributed by atoms with Gasteiger partial charge in [0.1, 0.15) is 0 Å². The van der Waals surface area contributed by atoms with E-state index in [9.17, 15) is 4.79 Å². The van der Waals surface area contributed by atoms with Crippen molar-refractivity contribution in [3.05, 3.63) is 71.9 Å². The van der Waals surface area contributed by atoms with Gasteiger partial charge in [-0.05, 0) is 47.4 Å². The molecule has 2 aromatic carbocycles. The summed E-state index contributed by atoms with van der Waals surface area (Å²) in [6, 6.07) is 17.3. The van der Waals surface area contributed by atoms with E-state index >= 15 is 0 Å². The van der Waals surface area contributed by atoms with Crippen molar-refractivity contribution < 1.29 is 9.53 Å². The molecular formula is C25H29N5O2. The van der Waals surface area contributed by atoms with Gasteiger partial charge >= 0.3 is 0 Å². The molecule has 1 aliphatic heterocycles. The number of amides is 1. The zero-order valence-electron chi connectivity index (χ0n) is 18.8. The first-order chi connectivity index (χ1) is 15.4. The van der Waals surface area contributed by atoms with E-state index in [1.807, 2.05) is 54.6 Å². The predicted molar refractivity (Wildman–Crippen MR) is 128 cm³/mol. The number of benzene rings is 2. The van der Waals surface area contributed by atoms with Crippen LogP contribution in [0.1, 0.15) is 36.7 Å². The van der Waals surface area contributed by atoms with E-state index in [-0.39, 0.29) is 11.3 Å². The number of anilines is 4. The second-order valence-electron chi connectivity index (χ2n) is 8.88. The zero-order chi connectivity index (χ0) is 22.6. The van der Waals surface area contributed by atoms with Crippen LogP contribution < -0.4 is 15.5 Å². The number of hydrogen-bond donors (Lipinski definition) is 2. The van der Waals surface area contributed by atoms with Crippen molar-refractivity contribution in [2.45, 2.75) is 26.2 Å². The summed E-state index contributed by atoms with van der Waals surface area (Å²) in [6.07, 6.45) is 1.77. The number of carbonyl (C=O) groups excluding carboxylic acids is 1. The first-order valence-electron chi connectivity index (χ1n) is 10.8. The average molecular weight is 432 g/mol. The lowest BCUT2D eigenvalue weighted by atomic mass is 9.87. The molecule has 0 aliphatic carbocycles. The summed E-state index contributed by atoms with van der Waals surface area (Å²) in [5, 5.41) is 14.5. The number of carbonyl (C=O) groups is 1. The van der Waals surface area contributed by atoms with Gasteiger partial charge in [-0.15, -0.1) is 5.10 Å². The van der Waals surface area contributed by atoms with Crippen molar-refractivity contribution in [2.75, 3.05) is 41.8 Å². The summed E-state index contributed by atoms with van der Waals surface area (Å²) in [7, 11) is 0. The van der Waals surface area contributed by atoms with E-state index in [0.717, 1.165) is 43.4 Å². The number of morpholine rings is 1. The fourth-order valence-corrected chi connectivity index (χ4v) is 3.52. The van der Waals surface area contributed by atoms with Gasteiger partial charge in [0.25, 0.3) is 5.91 Å². The molecule has 1 aromatic heterocycles. The zero-order valence-corrected chi connectivity index (χ0v) is 18.8. The quantitative estimate of drug-likeness (QED) is 0.614. The molecule has 7 nitrogen and oxygen atoms in total. The maximum Gasteiger partial charge on any atom is 0.255 e. The Morgan fingerprint density at radius 1 is 0.969 bits per heavy atom. The minimum absolute atomic E-state index is 0.0595. The molecule has 1 aliphatic rings. The third-order valence-corrected chi connectivity index (χ3v) is 5.44. The smallest absolute Gasteiger partial charge is 0.255 e. The Morgan fingerprint density at radius 2 is 1.62 bits per heavy atom. The van der Waals surface area contributed by atoms with Crippen molar-refractivity contribution in [3.63, 3.8) is 0 Å². The van der Waals surface area contributed by atoms with Crippen LogP contribution in [-0.4, -0.2) is 42.4 Å². The highest BCUT2D eigenvalue weighted by Gasteiger charge is 2.15. The van der Waals surface area contributed by atoms with Crippen molar-refractivity contribution in [1.82, 2.24) is 10.2 Å². The second kappa shape index (κ2) is 9.36. The largest absolute Gasteiger partial charge is 0.378 e. The van der Waals surface area contributed by atoms with Gasteiger partial charge in [-0.3, -0.25) is 4.79 Å². The number of hydrogen-bond acceptors (Lipinski definition) is 6. The molecule has 166 valence electrons. The third-order valence-electron chi connectivity index (χ3n) is 5.44. The van der Waals surface area contributed by atoms with Crippen LogP contribution in [0.15, 0.2) is 60.8 Å². The van der Waals surface area contributed by atoms with Gasteiger partial charge in [0.15, 0.2) is 5.82 Å². The first kappa shape index (κ1) is 21.8. The lowest BCUT2D eigenvalue weighted by molar-refractivity contribution is 0.102. The summed E-state index contributed by atoms with van der Waals surface area (Å²) in [6.45, 7) is 9.60. The van der Waals surface area contributed by atoms with Gasteiger partial charge in [-0.2, -0.15) is 5.10 Å². The van der Waals surface area contributed by atoms with E-state index in [2.05, 4.69) is 46.5 Å². The molecule has 3 aromatic rings. The molecule has 0 bridgehead atoms. The average Bonchev–Trinajstić information content (AvgIpc) is 2.81. The molecule has 0 radical (unpaired) electrons. The summed E-state index contributed by atoms with van der Waals surface area (Å²) < 4.78 is 5.41. The second-order valence-corrected chi connectivity index (χ2v) is 8.88. The molecule has 1 saturated heterocycles. The van der Waals surface area contributed by atoms with Crippen LogP contribution in [0.5, 0.6) is 0 Å². The SMILES string of the molecule is CC(C)(C)c1ccc(C(=O)Nc2ccc(Nc3cc(N4CCOCC4)cnn3)cc2)cc1. The minimum Gasteiger partial charge on any atom is -0.378 e. The van der Waals surface area contributed by atoms with Gasteiger partial charge in [0.05, 0.1) is 25.1 Å². The van der Waals surface area contributed by atoms with Gasteiger partial charge in [-0.1, -0.05) is 32.9 Å². The number of rotatable bonds is 5. The number of ether oxygens (including phenoxy) is 1. The molecule has 32 heavy (non-hydrogen) atoms. The van der Waals surface area contributed by atoms with Crippen LogP contribution in [0.3, 0.4) is 0 Å². The van der Waals surface area contributed by atoms with Crippen LogP contribution >= 0.6 is 0 Å². The van der Waals surface area contributed by atoms with E-state index < -0.39 is 0 Å². The third kappa shape index (κ3) is 5.42. The monoisotopic (exact) mass is 431 g/mol. The molecular weight excluding hydrogens is 402 g/mol. The highest BCUT2D eigenvalue weighted by atomic mass is 16.5. The van der Waals surface area contributed by atoms with Gasteiger partial charge in [0, 0.05) is 36.1 Å². The molecule has 0 saturated carbocycles. The van der Waals surface area contributed by atoms with Crippen molar-refractivity contribution in [2.24, 2.45) is 0 Å². The van der Waals surface area contributed by atoms with Gasteiger partial charge in [-0.25, -0.2) is 0 Å². The molecule has 1 fully saturated rings. The minimum atomic E-state index is -0.129. The summed E-state index contributed by atoms with van der Waals surface area (Å²) >= 11 is 0. The fourth-order valence-electron chi connectivity index (χ4n) is 3.52. The normalized spacial score (nSPS) is 14.2. The highest BCUT2D eigenvalue weighted by molar-refractivity contribution is 6.04. The maximum absolute atomic E-state index is 12.6. The lowest BCUT2D eigenvalue weighted by Gasteiger charge is -2.28. The topological polar surface area (TPSA) is 79.4 Å². The Hall–Kier alpha value is -3.45. The molecule has 2 heterocycles. The number of aromatic nitrogens is 2. The fraction of sp³-hybridized carbons (Fsp3) is 0.320. The highest BCUT2D eigenvalue weighted by Crippen LogP contribution is 2.24. The molecule has 0 unspecified atom stereocenters. The van der Waals surface area contributed by atoms with Crippen molar-refractivity contribution >= 4 is 28.8 Å². The number of nitrogens with zero attached hydrogens (tertiary/aromatic N) is 3. The molecule has 0 spiro atoms. The van der Waals surface area contributed by atoms with Crippen LogP contribution in [0.25, 0.3) is 0 Å². The van der Waals surface area contributed by atoms with Crippen LogP contribution in [0.2, 0.25) is 0 Å². The lowest BCUT2D eigenvalue weighted by Crippen LogP contribution is -2.36. The van der Waals surface area contributed by atoms with Gasteiger partial charge < -0.3 is 20.3 Å². The van der Waals surface area contributed by atoms with Crippen molar-refractivity contribution in [1.29, 1.82) is 0 Å². The molecule has 0 atom stereocenters. The summed E-state index contributed by atoms with van der Waals surface area (Å²) in [4.78, 5) is 14.8. The van der Waals surface area contributed by atoms with E-state index in [1.165, 1.54) is 5.56 Å². The van der Waals surface area contributed by atoms with E-state index in [4.69, 9.17) is 4.74 Å².